The molecule has 2 amide bonds. The second-order valence-corrected chi connectivity index (χ2v) is 7.09. The van der Waals surface area contributed by atoms with Gasteiger partial charge in [0, 0.05) is 35.9 Å². The van der Waals surface area contributed by atoms with Gasteiger partial charge < -0.3 is 9.88 Å². The van der Waals surface area contributed by atoms with Crippen molar-refractivity contribution in [2.75, 3.05) is 18.4 Å². The van der Waals surface area contributed by atoms with E-state index < -0.39 is 0 Å². The van der Waals surface area contributed by atoms with Crippen LogP contribution in [0.15, 0.2) is 59.5 Å². The van der Waals surface area contributed by atoms with E-state index in [0.29, 0.717) is 16.5 Å². The van der Waals surface area contributed by atoms with Crippen LogP contribution in [0.2, 0.25) is 5.02 Å². The minimum atomic E-state index is -0.230. The number of rotatable bonds is 3. The van der Waals surface area contributed by atoms with Crippen molar-refractivity contribution in [1.82, 2.24) is 14.9 Å². The van der Waals surface area contributed by atoms with Crippen LogP contribution in [-0.2, 0) is 0 Å². The van der Waals surface area contributed by atoms with E-state index in [1.807, 2.05) is 24.3 Å². The van der Waals surface area contributed by atoms with Crippen LogP contribution in [0.4, 0.5) is 10.6 Å². The number of pyridine rings is 2. The predicted molar refractivity (Wildman–Crippen MR) is 111 cm³/mol. The molecule has 3 heterocycles. The molecule has 4 rings (SSSR count). The summed E-state index contributed by atoms with van der Waals surface area (Å²) in [7, 11) is 0. The van der Waals surface area contributed by atoms with Crippen LogP contribution in [0.5, 0.6) is 0 Å². The van der Waals surface area contributed by atoms with E-state index >= 15 is 0 Å². The molecule has 3 aromatic rings. The highest BCUT2D eigenvalue weighted by molar-refractivity contribution is 6.33. The summed E-state index contributed by atoms with van der Waals surface area (Å²) in [4.78, 5) is 33.3. The summed E-state index contributed by atoms with van der Waals surface area (Å²) in [5.41, 5.74) is 2.66. The number of carbonyl (C=O) groups is 1. The summed E-state index contributed by atoms with van der Waals surface area (Å²) in [6.07, 6.45) is 3.67. The molecule has 28 heavy (non-hydrogen) atoms. The summed E-state index contributed by atoms with van der Waals surface area (Å²) < 4.78 is 0. The molecule has 0 atom stereocenters. The summed E-state index contributed by atoms with van der Waals surface area (Å²) in [6, 6.07) is 14.1. The lowest BCUT2D eigenvalue weighted by Crippen LogP contribution is -2.32. The Labute approximate surface area is 167 Å². The Morgan fingerprint density at radius 3 is 2.64 bits per heavy atom. The fraction of sp³-hybridized carbons (Fsp3) is 0.190. The SMILES string of the molecule is O=C(Nc1cc(-c2cc(-c3ccccc3Cl)[nH]c(=O)c2)ccn1)N1CCCC1. The van der Waals surface area contributed by atoms with Gasteiger partial charge in [-0.05, 0) is 48.2 Å². The van der Waals surface area contributed by atoms with Crippen molar-refractivity contribution in [3.05, 3.63) is 70.1 Å². The van der Waals surface area contributed by atoms with Crippen LogP contribution in [0.1, 0.15) is 12.8 Å². The number of urea groups is 1. The maximum atomic E-state index is 12.3. The number of H-pyrrole nitrogens is 1. The van der Waals surface area contributed by atoms with E-state index in [-0.39, 0.29) is 11.6 Å². The smallest absolute Gasteiger partial charge is 0.323 e. The van der Waals surface area contributed by atoms with Gasteiger partial charge in [-0.2, -0.15) is 0 Å². The second-order valence-electron chi connectivity index (χ2n) is 6.68. The molecule has 7 heteroatoms. The number of hydrogen-bond donors (Lipinski definition) is 2. The number of aromatic nitrogens is 2. The maximum absolute atomic E-state index is 12.3. The Morgan fingerprint density at radius 1 is 1.07 bits per heavy atom. The molecule has 1 aromatic carbocycles. The summed E-state index contributed by atoms with van der Waals surface area (Å²) in [5.74, 6) is 0.453. The third kappa shape index (κ3) is 3.92. The monoisotopic (exact) mass is 394 g/mol. The van der Waals surface area contributed by atoms with Crippen molar-refractivity contribution >= 4 is 23.4 Å². The van der Waals surface area contributed by atoms with Gasteiger partial charge in [-0.25, -0.2) is 9.78 Å². The van der Waals surface area contributed by atoms with Gasteiger partial charge in [0.05, 0.1) is 5.69 Å². The number of benzene rings is 1. The Morgan fingerprint density at radius 2 is 1.86 bits per heavy atom. The van der Waals surface area contributed by atoms with Crippen molar-refractivity contribution in [1.29, 1.82) is 0 Å². The quantitative estimate of drug-likeness (QED) is 0.691. The number of amides is 2. The summed E-state index contributed by atoms with van der Waals surface area (Å²) in [6.45, 7) is 1.53. The zero-order chi connectivity index (χ0) is 19.5. The van der Waals surface area contributed by atoms with Gasteiger partial charge in [0.25, 0.3) is 0 Å². The molecule has 0 radical (unpaired) electrons. The fourth-order valence-corrected chi connectivity index (χ4v) is 3.56. The molecule has 0 spiro atoms. The topological polar surface area (TPSA) is 78.1 Å². The van der Waals surface area contributed by atoms with Crippen molar-refractivity contribution < 1.29 is 4.79 Å². The molecule has 0 aliphatic carbocycles. The Kier molecular flexibility index (Phi) is 5.12. The lowest BCUT2D eigenvalue weighted by Gasteiger charge is -2.16. The average Bonchev–Trinajstić information content (AvgIpc) is 3.23. The van der Waals surface area contributed by atoms with Crippen LogP contribution in [0, 0.1) is 0 Å². The number of hydrogen-bond acceptors (Lipinski definition) is 3. The molecule has 2 N–H and O–H groups in total. The maximum Gasteiger partial charge on any atom is 0.323 e. The number of nitrogens with one attached hydrogen (secondary N) is 2. The number of aromatic amines is 1. The van der Waals surface area contributed by atoms with E-state index in [0.717, 1.165) is 42.6 Å². The van der Waals surface area contributed by atoms with E-state index in [1.54, 1.807) is 29.3 Å². The highest BCUT2D eigenvalue weighted by Gasteiger charge is 2.18. The third-order valence-corrected chi connectivity index (χ3v) is 5.06. The minimum Gasteiger partial charge on any atom is -0.324 e. The normalized spacial score (nSPS) is 13.5. The highest BCUT2D eigenvalue weighted by atomic mass is 35.5. The van der Waals surface area contributed by atoms with Gasteiger partial charge >= 0.3 is 6.03 Å². The third-order valence-electron chi connectivity index (χ3n) is 4.73. The number of carbonyl (C=O) groups excluding carboxylic acids is 1. The standard InChI is InChI=1S/C21H19ClN4O2/c22-17-6-2-1-5-16(17)18-11-15(13-20(27)24-18)14-7-8-23-19(12-14)25-21(28)26-9-3-4-10-26/h1-2,5-8,11-13H,3-4,9-10H2,(H,24,27)(H,23,25,28). The van der Waals surface area contributed by atoms with Crippen molar-refractivity contribution in [3.63, 3.8) is 0 Å². The molecule has 1 aliphatic heterocycles. The average molecular weight is 395 g/mol. The molecule has 1 saturated heterocycles. The first-order valence-corrected chi connectivity index (χ1v) is 9.49. The van der Waals surface area contributed by atoms with Crippen LogP contribution >= 0.6 is 11.6 Å². The number of halogens is 1. The van der Waals surface area contributed by atoms with Gasteiger partial charge in [0.15, 0.2) is 0 Å². The van der Waals surface area contributed by atoms with Gasteiger partial charge in [-0.1, -0.05) is 29.8 Å². The molecule has 1 fully saturated rings. The second kappa shape index (κ2) is 7.86. The number of nitrogens with zero attached hydrogens (tertiary/aromatic N) is 2. The molecule has 0 unspecified atom stereocenters. The Balaban J connectivity index is 1.65. The van der Waals surface area contributed by atoms with Crippen molar-refractivity contribution in [2.24, 2.45) is 0 Å². The molecule has 142 valence electrons. The van der Waals surface area contributed by atoms with Crippen LogP contribution < -0.4 is 10.9 Å². The first-order valence-electron chi connectivity index (χ1n) is 9.12. The van der Waals surface area contributed by atoms with Crippen LogP contribution in [0.25, 0.3) is 22.4 Å². The number of likely N-dealkylation sites (tertiary alicyclic amines) is 1. The zero-order valence-electron chi connectivity index (χ0n) is 15.1. The first-order chi connectivity index (χ1) is 13.6. The van der Waals surface area contributed by atoms with E-state index in [4.69, 9.17) is 11.6 Å². The van der Waals surface area contributed by atoms with Gasteiger partial charge in [0.2, 0.25) is 5.56 Å². The molecule has 0 saturated carbocycles. The minimum absolute atomic E-state index is 0.148. The fourth-order valence-electron chi connectivity index (χ4n) is 3.32. The molecule has 1 aliphatic rings. The van der Waals surface area contributed by atoms with E-state index in [2.05, 4.69) is 15.3 Å². The molecule has 2 aromatic heterocycles. The van der Waals surface area contributed by atoms with Gasteiger partial charge in [0.1, 0.15) is 5.82 Å². The Bertz CT molecular complexity index is 1070. The summed E-state index contributed by atoms with van der Waals surface area (Å²) in [5, 5.41) is 3.39. The Hall–Kier alpha value is -3.12. The first kappa shape index (κ1) is 18.3. The van der Waals surface area contributed by atoms with E-state index in [1.165, 1.54) is 6.07 Å². The molecule has 0 bridgehead atoms. The van der Waals surface area contributed by atoms with E-state index in [9.17, 15) is 9.59 Å². The molecular formula is C21H19ClN4O2. The largest absolute Gasteiger partial charge is 0.324 e. The van der Waals surface area contributed by atoms with Crippen LogP contribution in [-0.4, -0.2) is 34.0 Å². The number of anilines is 1. The van der Waals surface area contributed by atoms with Crippen molar-refractivity contribution in [3.8, 4) is 22.4 Å². The molecular weight excluding hydrogens is 376 g/mol. The van der Waals surface area contributed by atoms with Gasteiger partial charge in [-0.3, -0.25) is 10.1 Å². The highest BCUT2D eigenvalue weighted by Crippen LogP contribution is 2.29. The molecule has 6 nitrogen and oxygen atoms in total. The lowest BCUT2D eigenvalue weighted by molar-refractivity contribution is 0.222. The predicted octanol–water partition coefficient (Wildman–Crippen LogP) is 4.39. The van der Waals surface area contributed by atoms with Crippen molar-refractivity contribution in [2.45, 2.75) is 12.8 Å². The lowest BCUT2D eigenvalue weighted by atomic mass is 10.0. The van der Waals surface area contributed by atoms with Gasteiger partial charge in [-0.15, -0.1) is 0 Å². The summed E-state index contributed by atoms with van der Waals surface area (Å²) >= 11 is 6.27. The zero-order valence-corrected chi connectivity index (χ0v) is 15.9. The van der Waals surface area contributed by atoms with Crippen LogP contribution in [0.3, 0.4) is 0 Å².